The van der Waals surface area contributed by atoms with Crippen molar-refractivity contribution in [3.63, 3.8) is 0 Å². The first kappa shape index (κ1) is 22.4. The molecule has 164 valence electrons. The Bertz CT molecular complexity index is 1230. The number of benzene rings is 3. The van der Waals surface area contributed by atoms with Crippen molar-refractivity contribution in [2.24, 2.45) is 0 Å². The van der Waals surface area contributed by atoms with Gasteiger partial charge in [-0.15, -0.1) is 0 Å². The molecule has 0 radical (unpaired) electrons. The lowest BCUT2D eigenvalue weighted by Crippen LogP contribution is -2.11. The van der Waals surface area contributed by atoms with Crippen molar-refractivity contribution in [3.05, 3.63) is 81.7 Å². The molecular formula is C18HF13. The number of hydrogen-bond acceptors (Lipinski definition) is 0. The summed E-state index contributed by atoms with van der Waals surface area (Å²) in [5, 5.41) is 0. The van der Waals surface area contributed by atoms with Gasteiger partial charge >= 0.3 is 0 Å². The van der Waals surface area contributed by atoms with Crippen LogP contribution in [0.5, 0.6) is 0 Å². The van der Waals surface area contributed by atoms with Gasteiger partial charge in [0.15, 0.2) is 69.8 Å². The molecule has 0 nitrogen and oxygen atoms in total. The van der Waals surface area contributed by atoms with Crippen LogP contribution in [-0.4, -0.2) is 0 Å². The SMILES string of the molecule is Fc1cc(-c2c(F)c(F)c(F)c(F)c2-c2c(F)c(F)c(F)c(F)c2F)c(F)c(F)c1F. The van der Waals surface area contributed by atoms with Gasteiger partial charge in [-0.3, -0.25) is 0 Å². The maximum absolute atomic E-state index is 14.4. The Morgan fingerprint density at radius 2 is 0.613 bits per heavy atom. The molecule has 0 aromatic heterocycles. The van der Waals surface area contributed by atoms with Crippen molar-refractivity contribution in [1.82, 2.24) is 0 Å². The molecule has 0 aliphatic heterocycles. The second kappa shape index (κ2) is 7.46. The van der Waals surface area contributed by atoms with E-state index in [1.54, 1.807) is 0 Å². The summed E-state index contributed by atoms with van der Waals surface area (Å²) < 4.78 is 179. The molecule has 0 bridgehead atoms. The van der Waals surface area contributed by atoms with Crippen molar-refractivity contribution in [1.29, 1.82) is 0 Å². The van der Waals surface area contributed by atoms with E-state index in [-0.39, 0.29) is 0 Å². The van der Waals surface area contributed by atoms with Crippen LogP contribution < -0.4 is 0 Å². The minimum Gasteiger partial charge on any atom is -0.204 e. The Kier molecular flexibility index (Phi) is 5.40. The highest BCUT2D eigenvalue weighted by Crippen LogP contribution is 2.44. The second-order valence-electron chi connectivity index (χ2n) is 5.80. The summed E-state index contributed by atoms with van der Waals surface area (Å²) >= 11 is 0. The third kappa shape index (κ3) is 3.10. The maximum Gasteiger partial charge on any atom is 0.200 e. The quantitative estimate of drug-likeness (QED) is 0.222. The summed E-state index contributed by atoms with van der Waals surface area (Å²) in [6, 6.07) is -0.432. The van der Waals surface area contributed by atoms with Gasteiger partial charge in [-0.05, 0) is 6.07 Å². The highest BCUT2D eigenvalue weighted by molar-refractivity contribution is 5.85. The zero-order chi connectivity index (χ0) is 23.5. The van der Waals surface area contributed by atoms with E-state index in [1.807, 2.05) is 0 Å². The first-order valence-corrected chi connectivity index (χ1v) is 7.53. The van der Waals surface area contributed by atoms with Crippen molar-refractivity contribution in [3.8, 4) is 22.3 Å². The molecule has 0 heterocycles. The van der Waals surface area contributed by atoms with Crippen molar-refractivity contribution >= 4 is 0 Å². The molecule has 3 aromatic rings. The number of halogens is 13. The minimum atomic E-state index is -2.84. The van der Waals surface area contributed by atoms with Crippen LogP contribution in [-0.2, 0) is 0 Å². The third-order valence-electron chi connectivity index (χ3n) is 4.10. The van der Waals surface area contributed by atoms with Crippen LogP contribution in [0.15, 0.2) is 6.07 Å². The van der Waals surface area contributed by atoms with E-state index in [9.17, 15) is 57.1 Å². The Balaban J connectivity index is 2.64. The standard InChI is InChI=1S/C18HF13/c19-3-1-2(7(20)13(26)8(3)21)4-5(10(23)15(28)14(27)9(4)22)6-11(24)16(29)18(31)17(30)12(6)25/h1H. The van der Waals surface area contributed by atoms with Crippen LogP contribution >= 0.6 is 0 Å². The topological polar surface area (TPSA) is 0 Å². The fourth-order valence-electron chi connectivity index (χ4n) is 2.70. The Hall–Kier alpha value is -3.25. The first-order chi connectivity index (χ1) is 14.3. The van der Waals surface area contributed by atoms with E-state index in [0.29, 0.717) is 0 Å². The Morgan fingerprint density at radius 3 is 1.06 bits per heavy atom. The lowest BCUT2D eigenvalue weighted by molar-refractivity contribution is 0.379. The van der Waals surface area contributed by atoms with Gasteiger partial charge in [0.2, 0.25) is 5.82 Å². The minimum absolute atomic E-state index is 0.432. The third-order valence-corrected chi connectivity index (χ3v) is 4.10. The number of hydrogen-bond donors (Lipinski definition) is 0. The van der Waals surface area contributed by atoms with Gasteiger partial charge in [-0.2, -0.15) is 0 Å². The van der Waals surface area contributed by atoms with Gasteiger partial charge in [0.05, 0.1) is 5.56 Å². The van der Waals surface area contributed by atoms with Gasteiger partial charge in [0, 0.05) is 16.7 Å². The summed E-state index contributed by atoms with van der Waals surface area (Å²) in [6.07, 6.45) is 0. The molecule has 0 aliphatic rings. The van der Waals surface area contributed by atoms with E-state index in [1.165, 1.54) is 0 Å². The summed E-state index contributed by atoms with van der Waals surface area (Å²) in [4.78, 5) is 0. The smallest absolute Gasteiger partial charge is 0.200 e. The molecule has 3 aromatic carbocycles. The largest absolute Gasteiger partial charge is 0.204 e. The highest BCUT2D eigenvalue weighted by atomic mass is 19.2. The average molecular weight is 464 g/mol. The van der Waals surface area contributed by atoms with Gasteiger partial charge in [0.25, 0.3) is 0 Å². The van der Waals surface area contributed by atoms with E-state index >= 15 is 0 Å². The molecule has 0 atom stereocenters. The fraction of sp³-hybridized carbons (Fsp3) is 0. The molecule has 0 fully saturated rings. The van der Waals surface area contributed by atoms with Gasteiger partial charge < -0.3 is 0 Å². The lowest BCUT2D eigenvalue weighted by atomic mass is 9.91. The molecule has 31 heavy (non-hydrogen) atoms. The van der Waals surface area contributed by atoms with E-state index < -0.39 is 104 Å². The summed E-state index contributed by atoms with van der Waals surface area (Å²) in [5.41, 5.74) is -8.86. The van der Waals surface area contributed by atoms with Crippen LogP contribution in [0, 0.1) is 75.6 Å². The molecule has 0 saturated carbocycles. The predicted octanol–water partition coefficient (Wildman–Crippen LogP) is 6.83. The molecule has 3 rings (SSSR count). The molecule has 0 saturated heterocycles. The van der Waals surface area contributed by atoms with Gasteiger partial charge in [-0.25, -0.2) is 57.1 Å². The maximum atomic E-state index is 14.4. The van der Waals surface area contributed by atoms with E-state index in [4.69, 9.17) is 0 Å². The molecule has 0 unspecified atom stereocenters. The molecule has 0 aliphatic carbocycles. The van der Waals surface area contributed by atoms with Crippen LogP contribution in [0.2, 0.25) is 0 Å². The summed E-state index contributed by atoms with van der Waals surface area (Å²) in [7, 11) is 0. The first-order valence-electron chi connectivity index (χ1n) is 7.53. The van der Waals surface area contributed by atoms with Crippen LogP contribution in [0.4, 0.5) is 57.1 Å². The molecule has 0 amide bonds. The van der Waals surface area contributed by atoms with E-state index in [2.05, 4.69) is 0 Å². The second-order valence-corrected chi connectivity index (χ2v) is 5.80. The molecule has 13 heteroatoms. The predicted molar refractivity (Wildman–Crippen MR) is 76.8 cm³/mol. The van der Waals surface area contributed by atoms with Crippen LogP contribution in [0.3, 0.4) is 0 Å². The Morgan fingerprint density at radius 1 is 0.290 bits per heavy atom. The van der Waals surface area contributed by atoms with Crippen LogP contribution in [0.1, 0.15) is 0 Å². The average Bonchev–Trinajstić information content (AvgIpc) is 2.74. The van der Waals surface area contributed by atoms with Gasteiger partial charge in [0.1, 0.15) is 0 Å². The normalized spacial score (nSPS) is 11.4. The molecular weight excluding hydrogens is 463 g/mol. The van der Waals surface area contributed by atoms with Gasteiger partial charge in [-0.1, -0.05) is 0 Å². The van der Waals surface area contributed by atoms with Crippen molar-refractivity contribution < 1.29 is 57.1 Å². The Labute approximate surface area is 162 Å². The lowest BCUT2D eigenvalue weighted by Gasteiger charge is -2.17. The van der Waals surface area contributed by atoms with Crippen LogP contribution in [0.25, 0.3) is 22.3 Å². The van der Waals surface area contributed by atoms with Crippen molar-refractivity contribution in [2.75, 3.05) is 0 Å². The van der Waals surface area contributed by atoms with Crippen molar-refractivity contribution in [2.45, 2.75) is 0 Å². The van der Waals surface area contributed by atoms with E-state index in [0.717, 1.165) is 0 Å². The summed E-state index contributed by atoms with van der Waals surface area (Å²) in [6.45, 7) is 0. The zero-order valence-electron chi connectivity index (χ0n) is 14.0. The monoisotopic (exact) mass is 464 g/mol. The molecule has 0 spiro atoms. The summed E-state index contributed by atoms with van der Waals surface area (Å²) in [5.74, 6) is -35.3. The fourth-order valence-corrected chi connectivity index (χ4v) is 2.70. The zero-order valence-corrected chi connectivity index (χ0v) is 14.0. The number of rotatable bonds is 2. The molecule has 0 N–H and O–H groups in total. The highest BCUT2D eigenvalue weighted by Gasteiger charge is 2.36.